The zero-order valence-electron chi connectivity index (χ0n) is 14.3. The fourth-order valence-electron chi connectivity index (χ4n) is 2.66. The Morgan fingerprint density at radius 2 is 1.93 bits per heavy atom. The summed E-state index contributed by atoms with van der Waals surface area (Å²) >= 11 is 7.53. The van der Waals surface area contributed by atoms with Gasteiger partial charge in [0.2, 0.25) is 5.95 Å². The lowest BCUT2D eigenvalue weighted by Gasteiger charge is -2.26. The van der Waals surface area contributed by atoms with Crippen molar-refractivity contribution in [3.8, 4) is 11.3 Å². The second kappa shape index (κ2) is 7.99. The number of amides is 1. The Balaban J connectivity index is 1.44. The second-order valence-electron chi connectivity index (χ2n) is 5.84. The molecule has 0 bridgehead atoms. The summed E-state index contributed by atoms with van der Waals surface area (Å²) in [4.78, 5) is 27.5. The molecule has 0 atom stereocenters. The lowest BCUT2D eigenvalue weighted by Crippen LogP contribution is -2.37. The topological polar surface area (TPSA) is 80.2 Å². The number of hydrogen-bond acceptors (Lipinski definition) is 7. The Labute approximate surface area is 165 Å². The highest BCUT2D eigenvalue weighted by Crippen LogP contribution is 2.30. The Kier molecular flexibility index (Phi) is 5.28. The first-order valence-electron chi connectivity index (χ1n) is 8.37. The number of halogens is 1. The van der Waals surface area contributed by atoms with Crippen LogP contribution in [0.25, 0.3) is 11.3 Å². The molecule has 0 saturated carbocycles. The fraction of sp³-hybridized carbons (Fsp3) is 0.222. The van der Waals surface area contributed by atoms with E-state index in [4.69, 9.17) is 16.3 Å². The molecule has 27 heavy (non-hydrogen) atoms. The van der Waals surface area contributed by atoms with Gasteiger partial charge in [0.05, 0.1) is 24.5 Å². The molecule has 3 aromatic rings. The number of carbonyl (C=O) groups excluding carboxylic acids is 1. The molecule has 9 heteroatoms. The molecule has 7 nitrogen and oxygen atoms in total. The van der Waals surface area contributed by atoms with Gasteiger partial charge in [-0.15, -0.1) is 11.3 Å². The molecular formula is C18H16ClN5O2S. The van der Waals surface area contributed by atoms with Crippen LogP contribution in [0.2, 0.25) is 5.02 Å². The average Bonchev–Trinajstić information content (AvgIpc) is 3.17. The van der Waals surface area contributed by atoms with Crippen LogP contribution in [0.3, 0.4) is 0 Å². The van der Waals surface area contributed by atoms with Gasteiger partial charge in [0, 0.05) is 41.4 Å². The summed E-state index contributed by atoms with van der Waals surface area (Å²) in [6.07, 6.45) is 3.05. The van der Waals surface area contributed by atoms with Crippen LogP contribution in [-0.4, -0.2) is 47.2 Å². The lowest BCUT2D eigenvalue weighted by molar-refractivity contribution is 0.102. The average molecular weight is 402 g/mol. The predicted octanol–water partition coefficient (Wildman–Crippen LogP) is 3.34. The van der Waals surface area contributed by atoms with Crippen molar-refractivity contribution in [2.45, 2.75) is 0 Å². The first kappa shape index (κ1) is 17.8. The Hall–Kier alpha value is -2.55. The van der Waals surface area contributed by atoms with Crippen molar-refractivity contribution < 1.29 is 9.53 Å². The minimum atomic E-state index is -0.302. The molecule has 0 radical (unpaired) electrons. The monoisotopic (exact) mass is 401 g/mol. The third-order valence-electron chi connectivity index (χ3n) is 4.07. The number of morpholine rings is 1. The quantitative estimate of drug-likeness (QED) is 0.722. The van der Waals surface area contributed by atoms with E-state index in [1.807, 2.05) is 34.5 Å². The predicted molar refractivity (Wildman–Crippen MR) is 106 cm³/mol. The smallest absolute Gasteiger partial charge is 0.260 e. The number of benzene rings is 1. The van der Waals surface area contributed by atoms with Crippen molar-refractivity contribution in [1.82, 2.24) is 15.0 Å². The number of carbonyl (C=O) groups is 1. The van der Waals surface area contributed by atoms with Gasteiger partial charge >= 0.3 is 0 Å². The molecule has 1 aromatic carbocycles. The molecule has 4 rings (SSSR count). The van der Waals surface area contributed by atoms with E-state index in [0.717, 1.165) is 24.3 Å². The summed E-state index contributed by atoms with van der Waals surface area (Å²) in [6.45, 7) is 2.80. The number of thiazole rings is 1. The highest BCUT2D eigenvalue weighted by molar-refractivity contribution is 7.14. The minimum Gasteiger partial charge on any atom is -0.378 e. The molecule has 1 aliphatic rings. The standard InChI is InChI=1S/C18H16ClN5O2S/c19-14-4-2-1-3-13(14)15-11-27-18(22-15)23-16(25)12-9-20-17(21-10-12)24-5-7-26-8-6-24/h1-4,9-11H,5-8H2,(H,22,23,25). The van der Waals surface area contributed by atoms with Crippen LogP contribution in [0, 0.1) is 0 Å². The van der Waals surface area contributed by atoms with E-state index in [9.17, 15) is 4.79 Å². The van der Waals surface area contributed by atoms with Gasteiger partial charge in [-0.3, -0.25) is 10.1 Å². The zero-order chi connectivity index (χ0) is 18.6. The van der Waals surface area contributed by atoms with Crippen molar-refractivity contribution in [3.63, 3.8) is 0 Å². The van der Waals surface area contributed by atoms with Gasteiger partial charge < -0.3 is 9.64 Å². The summed E-state index contributed by atoms with van der Waals surface area (Å²) in [5.41, 5.74) is 1.93. The Morgan fingerprint density at radius 1 is 1.19 bits per heavy atom. The molecule has 1 aliphatic heterocycles. The van der Waals surface area contributed by atoms with Crippen LogP contribution in [0.15, 0.2) is 42.0 Å². The molecule has 0 unspecified atom stereocenters. The first-order valence-corrected chi connectivity index (χ1v) is 9.63. The van der Waals surface area contributed by atoms with Crippen molar-refractivity contribution in [2.75, 3.05) is 36.5 Å². The summed E-state index contributed by atoms with van der Waals surface area (Å²) < 4.78 is 5.32. The number of nitrogens with one attached hydrogen (secondary N) is 1. The Morgan fingerprint density at radius 3 is 2.67 bits per heavy atom. The van der Waals surface area contributed by atoms with E-state index in [1.54, 1.807) is 0 Å². The minimum absolute atomic E-state index is 0.302. The zero-order valence-corrected chi connectivity index (χ0v) is 15.8. The first-order chi connectivity index (χ1) is 13.2. The molecule has 1 amide bonds. The van der Waals surface area contributed by atoms with Gasteiger partial charge in [0.25, 0.3) is 5.91 Å². The highest BCUT2D eigenvalue weighted by atomic mass is 35.5. The van der Waals surface area contributed by atoms with Crippen LogP contribution in [0.1, 0.15) is 10.4 Å². The van der Waals surface area contributed by atoms with E-state index in [1.165, 1.54) is 23.7 Å². The summed E-state index contributed by atoms with van der Waals surface area (Å²) in [5, 5.41) is 5.75. The van der Waals surface area contributed by atoms with Crippen LogP contribution in [0.5, 0.6) is 0 Å². The van der Waals surface area contributed by atoms with E-state index in [2.05, 4.69) is 20.3 Å². The molecule has 3 heterocycles. The van der Waals surface area contributed by atoms with Gasteiger partial charge in [0.1, 0.15) is 0 Å². The maximum absolute atomic E-state index is 12.4. The molecule has 1 N–H and O–H groups in total. The van der Waals surface area contributed by atoms with E-state index in [0.29, 0.717) is 34.9 Å². The number of hydrogen-bond donors (Lipinski definition) is 1. The van der Waals surface area contributed by atoms with Crippen LogP contribution in [0.4, 0.5) is 11.1 Å². The van der Waals surface area contributed by atoms with Crippen molar-refractivity contribution >= 4 is 39.9 Å². The molecule has 1 fully saturated rings. The van der Waals surface area contributed by atoms with Gasteiger partial charge in [-0.05, 0) is 6.07 Å². The molecule has 1 saturated heterocycles. The second-order valence-corrected chi connectivity index (χ2v) is 7.11. The van der Waals surface area contributed by atoms with Gasteiger partial charge in [-0.25, -0.2) is 15.0 Å². The molecule has 0 aliphatic carbocycles. The van der Waals surface area contributed by atoms with Gasteiger partial charge in [-0.1, -0.05) is 29.8 Å². The number of rotatable bonds is 4. The summed E-state index contributed by atoms with van der Waals surface area (Å²) in [7, 11) is 0. The lowest BCUT2D eigenvalue weighted by atomic mass is 10.2. The largest absolute Gasteiger partial charge is 0.378 e. The molecule has 0 spiro atoms. The summed E-state index contributed by atoms with van der Waals surface area (Å²) in [6, 6.07) is 7.46. The van der Waals surface area contributed by atoms with Crippen LogP contribution >= 0.6 is 22.9 Å². The maximum Gasteiger partial charge on any atom is 0.260 e. The van der Waals surface area contributed by atoms with Crippen molar-refractivity contribution in [1.29, 1.82) is 0 Å². The normalized spacial score (nSPS) is 14.2. The molecular weight excluding hydrogens is 386 g/mol. The maximum atomic E-state index is 12.4. The number of nitrogens with zero attached hydrogens (tertiary/aromatic N) is 4. The van der Waals surface area contributed by atoms with E-state index in [-0.39, 0.29) is 5.91 Å². The van der Waals surface area contributed by atoms with Gasteiger partial charge in [-0.2, -0.15) is 0 Å². The van der Waals surface area contributed by atoms with Crippen molar-refractivity contribution in [2.24, 2.45) is 0 Å². The third kappa shape index (κ3) is 4.08. The molecule has 2 aromatic heterocycles. The number of anilines is 2. The number of aromatic nitrogens is 3. The summed E-state index contributed by atoms with van der Waals surface area (Å²) in [5.74, 6) is 0.300. The van der Waals surface area contributed by atoms with E-state index < -0.39 is 0 Å². The van der Waals surface area contributed by atoms with Crippen molar-refractivity contribution in [3.05, 3.63) is 52.6 Å². The Bertz CT molecular complexity index is 941. The van der Waals surface area contributed by atoms with Gasteiger partial charge in [0.15, 0.2) is 5.13 Å². The third-order valence-corrected chi connectivity index (χ3v) is 5.16. The SMILES string of the molecule is O=C(Nc1nc(-c2ccccc2Cl)cs1)c1cnc(N2CCOCC2)nc1. The van der Waals surface area contributed by atoms with Crippen LogP contribution < -0.4 is 10.2 Å². The van der Waals surface area contributed by atoms with Crippen LogP contribution in [-0.2, 0) is 4.74 Å². The fourth-order valence-corrected chi connectivity index (χ4v) is 3.60. The number of ether oxygens (including phenoxy) is 1. The molecule has 138 valence electrons. The highest BCUT2D eigenvalue weighted by Gasteiger charge is 2.16. The van der Waals surface area contributed by atoms with E-state index >= 15 is 0 Å².